The third-order valence-electron chi connectivity index (χ3n) is 3.20. The summed E-state index contributed by atoms with van der Waals surface area (Å²) in [5.41, 5.74) is 1.86. The standard InChI is InChI=1S/C16H12N4S/c1-3-9-17-13(7-1)18-16-15(12-6-5-11-21-12)19-14-8-2-4-10-20(14)16/h1-11H,(H,17,18). The van der Waals surface area contributed by atoms with E-state index in [4.69, 9.17) is 4.98 Å². The zero-order chi connectivity index (χ0) is 14.1. The molecule has 0 amide bonds. The van der Waals surface area contributed by atoms with Crippen LogP contribution in [0, 0.1) is 0 Å². The first-order chi connectivity index (χ1) is 10.4. The topological polar surface area (TPSA) is 42.2 Å². The van der Waals surface area contributed by atoms with E-state index in [1.807, 2.05) is 53.1 Å². The molecule has 102 valence electrons. The number of pyridine rings is 2. The van der Waals surface area contributed by atoms with Gasteiger partial charge in [0.2, 0.25) is 0 Å². The number of thiophene rings is 1. The van der Waals surface area contributed by atoms with Gasteiger partial charge in [0.1, 0.15) is 23.0 Å². The number of nitrogens with zero attached hydrogens (tertiary/aromatic N) is 3. The number of hydrogen-bond acceptors (Lipinski definition) is 4. The van der Waals surface area contributed by atoms with Gasteiger partial charge in [-0.3, -0.25) is 4.40 Å². The fourth-order valence-corrected chi connectivity index (χ4v) is 2.97. The molecule has 0 saturated carbocycles. The van der Waals surface area contributed by atoms with Crippen LogP contribution < -0.4 is 5.32 Å². The van der Waals surface area contributed by atoms with E-state index in [0.717, 1.165) is 27.9 Å². The molecule has 0 spiro atoms. The van der Waals surface area contributed by atoms with E-state index in [1.165, 1.54) is 0 Å². The Hall–Kier alpha value is -2.66. The first-order valence-electron chi connectivity index (χ1n) is 6.61. The van der Waals surface area contributed by atoms with Gasteiger partial charge >= 0.3 is 0 Å². The summed E-state index contributed by atoms with van der Waals surface area (Å²) in [7, 11) is 0. The first kappa shape index (κ1) is 12.1. The molecule has 1 N–H and O–H groups in total. The van der Waals surface area contributed by atoms with Crippen molar-refractivity contribution >= 4 is 28.6 Å². The molecule has 21 heavy (non-hydrogen) atoms. The average molecular weight is 292 g/mol. The maximum absolute atomic E-state index is 4.73. The van der Waals surface area contributed by atoms with E-state index >= 15 is 0 Å². The van der Waals surface area contributed by atoms with Gasteiger partial charge in [0.15, 0.2) is 0 Å². The Bertz CT molecular complexity index is 866. The number of nitrogens with one attached hydrogen (secondary N) is 1. The molecule has 4 aromatic rings. The van der Waals surface area contributed by atoms with Gasteiger partial charge in [-0.25, -0.2) is 9.97 Å². The van der Waals surface area contributed by atoms with Gasteiger partial charge in [-0.15, -0.1) is 11.3 Å². The highest BCUT2D eigenvalue weighted by atomic mass is 32.1. The van der Waals surface area contributed by atoms with E-state index in [9.17, 15) is 0 Å². The monoisotopic (exact) mass is 292 g/mol. The molecular formula is C16H12N4S. The van der Waals surface area contributed by atoms with Gasteiger partial charge in [-0.1, -0.05) is 18.2 Å². The smallest absolute Gasteiger partial charge is 0.145 e. The van der Waals surface area contributed by atoms with Crippen molar-refractivity contribution in [3.05, 3.63) is 66.3 Å². The molecule has 0 fully saturated rings. The largest absolute Gasteiger partial charge is 0.324 e. The minimum Gasteiger partial charge on any atom is -0.324 e. The molecular weight excluding hydrogens is 280 g/mol. The lowest BCUT2D eigenvalue weighted by Gasteiger charge is -2.06. The highest BCUT2D eigenvalue weighted by Gasteiger charge is 2.14. The minimum absolute atomic E-state index is 0.806. The molecule has 0 radical (unpaired) electrons. The van der Waals surface area contributed by atoms with Crippen molar-refractivity contribution in [2.24, 2.45) is 0 Å². The zero-order valence-corrected chi connectivity index (χ0v) is 11.9. The van der Waals surface area contributed by atoms with E-state index < -0.39 is 0 Å². The number of imidazole rings is 1. The number of aromatic nitrogens is 3. The van der Waals surface area contributed by atoms with Crippen LogP contribution >= 0.6 is 11.3 Å². The van der Waals surface area contributed by atoms with Crippen LogP contribution in [-0.4, -0.2) is 14.4 Å². The summed E-state index contributed by atoms with van der Waals surface area (Å²) in [6.07, 6.45) is 3.78. The Kier molecular flexibility index (Phi) is 2.90. The van der Waals surface area contributed by atoms with Gasteiger partial charge < -0.3 is 5.32 Å². The SMILES string of the molecule is c1ccc(Nc2c(-c3cccs3)nc3ccccn23)nc1. The van der Waals surface area contributed by atoms with E-state index in [-0.39, 0.29) is 0 Å². The van der Waals surface area contributed by atoms with Crippen LogP contribution in [0.1, 0.15) is 0 Å². The van der Waals surface area contributed by atoms with Crippen molar-refractivity contribution in [1.29, 1.82) is 0 Å². The molecule has 0 aliphatic carbocycles. The predicted octanol–water partition coefficient (Wildman–Crippen LogP) is 4.20. The van der Waals surface area contributed by atoms with Crippen LogP contribution in [0.15, 0.2) is 66.3 Å². The fraction of sp³-hybridized carbons (Fsp3) is 0. The minimum atomic E-state index is 0.806. The molecule has 4 rings (SSSR count). The van der Waals surface area contributed by atoms with Crippen molar-refractivity contribution in [2.75, 3.05) is 5.32 Å². The van der Waals surface area contributed by atoms with Gasteiger partial charge in [0.25, 0.3) is 0 Å². The molecule has 0 aromatic carbocycles. The highest BCUT2D eigenvalue weighted by Crippen LogP contribution is 2.33. The second-order valence-electron chi connectivity index (χ2n) is 4.56. The van der Waals surface area contributed by atoms with E-state index in [1.54, 1.807) is 17.5 Å². The maximum Gasteiger partial charge on any atom is 0.145 e. The second kappa shape index (κ2) is 5.03. The quantitative estimate of drug-likeness (QED) is 0.615. The van der Waals surface area contributed by atoms with Crippen molar-refractivity contribution in [3.8, 4) is 10.6 Å². The molecule has 4 heterocycles. The van der Waals surface area contributed by atoms with Gasteiger partial charge in [0, 0.05) is 12.4 Å². The van der Waals surface area contributed by atoms with Gasteiger partial charge in [-0.05, 0) is 35.7 Å². The Morgan fingerprint density at radius 3 is 2.76 bits per heavy atom. The van der Waals surface area contributed by atoms with Gasteiger partial charge in [0.05, 0.1) is 4.88 Å². The summed E-state index contributed by atoms with van der Waals surface area (Å²) in [5, 5.41) is 5.44. The summed E-state index contributed by atoms with van der Waals surface area (Å²) in [4.78, 5) is 10.2. The Morgan fingerprint density at radius 2 is 1.95 bits per heavy atom. The number of rotatable bonds is 3. The summed E-state index contributed by atoms with van der Waals surface area (Å²) >= 11 is 1.68. The summed E-state index contributed by atoms with van der Waals surface area (Å²) in [6, 6.07) is 15.9. The Labute approximate surface area is 125 Å². The molecule has 5 heteroatoms. The fourth-order valence-electron chi connectivity index (χ4n) is 2.26. The van der Waals surface area contributed by atoms with Crippen LogP contribution in [0.3, 0.4) is 0 Å². The van der Waals surface area contributed by atoms with E-state index in [2.05, 4.69) is 21.7 Å². The van der Waals surface area contributed by atoms with Crippen LogP contribution in [0.5, 0.6) is 0 Å². The average Bonchev–Trinajstić information content (AvgIpc) is 3.16. The van der Waals surface area contributed by atoms with Crippen molar-refractivity contribution in [2.45, 2.75) is 0 Å². The first-order valence-corrected chi connectivity index (χ1v) is 7.49. The van der Waals surface area contributed by atoms with Crippen LogP contribution in [0.4, 0.5) is 11.6 Å². The van der Waals surface area contributed by atoms with Crippen LogP contribution in [0.2, 0.25) is 0 Å². The lowest BCUT2D eigenvalue weighted by Crippen LogP contribution is -1.97. The van der Waals surface area contributed by atoms with Crippen molar-refractivity contribution < 1.29 is 0 Å². The molecule has 0 bridgehead atoms. The summed E-state index contributed by atoms with van der Waals surface area (Å²) in [5.74, 6) is 1.74. The molecule has 4 nitrogen and oxygen atoms in total. The maximum atomic E-state index is 4.73. The number of anilines is 2. The summed E-state index contributed by atoms with van der Waals surface area (Å²) in [6.45, 7) is 0. The normalized spacial score (nSPS) is 10.9. The number of fused-ring (bicyclic) bond motifs is 1. The molecule has 0 aliphatic rings. The lowest BCUT2D eigenvalue weighted by atomic mass is 10.3. The third-order valence-corrected chi connectivity index (χ3v) is 4.07. The molecule has 0 unspecified atom stereocenters. The Morgan fingerprint density at radius 1 is 1.00 bits per heavy atom. The van der Waals surface area contributed by atoms with Gasteiger partial charge in [-0.2, -0.15) is 0 Å². The van der Waals surface area contributed by atoms with Crippen LogP contribution in [-0.2, 0) is 0 Å². The lowest BCUT2D eigenvalue weighted by molar-refractivity contribution is 1.17. The molecule has 4 aromatic heterocycles. The van der Waals surface area contributed by atoms with Crippen LogP contribution in [0.25, 0.3) is 16.2 Å². The zero-order valence-electron chi connectivity index (χ0n) is 11.1. The Balaban J connectivity index is 1.91. The summed E-state index contributed by atoms with van der Waals surface area (Å²) < 4.78 is 2.05. The second-order valence-corrected chi connectivity index (χ2v) is 5.50. The predicted molar refractivity (Wildman–Crippen MR) is 86.0 cm³/mol. The van der Waals surface area contributed by atoms with Crippen molar-refractivity contribution in [1.82, 2.24) is 14.4 Å². The molecule has 0 atom stereocenters. The number of hydrogen-bond donors (Lipinski definition) is 1. The highest BCUT2D eigenvalue weighted by molar-refractivity contribution is 7.13. The molecule has 0 aliphatic heterocycles. The third kappa shape index (κ3) is 2.17. The van der Waals surface area contributed by atoms with E-state index in [0.29, 0.717) is 0 Å². The molecule has 0 saturated heterocycles. The van der Waals surface area contributed by atoms with Crippen molar-refractivity contribution in [3.63, 3.8) is 0 Å².